The molecule has 3 atom stereocenters. The molecule has 1 saturated carbocycles. The molecule has 110 valence electrons. The van der Waals surface area contributed by atoms with Gasteiger partial charge >= 0.3 is 0 Å². The Labute approximate surface area is 122 Å². The van der Waals surface area contributed by atoms with Gasteiger partial charge in [0.25, 0.3) is 0 Å². The largest absolute Gasteiger partial charge is 0.508 e. The Kier molecular flexibility index (Phi) is 3.53. The average Bonchev–Trinajstić information content (AvgIpc) is 2.46. The van der Waals surface area contributed by atoms with Crippen molar-refractivity contribution in [3.8, 4) is 5.75 Å². The third kappa shape index (κ3) is 2.05. The minimum absolute atomic E-state index is 0.249. The fourth-order valence-corrected chi connectivity index (χ4v) is 4.65. The van der Waals surface area contributed by atoms with E-state index in [9.17, 15) is 5.11 Å². The standard InChI is InChI=1S/C18H27NO/c1-4-19(3)17-11-13-8-9-14(20)12-16(13)18(2)10-6-5-7-15(17)18/h8-9,12,15,17,20H,4-7,10-11H2,1-3H3/t15-,17+,18-/m1/s1. The molecule has 0 spiro atoms. The molecule has 0 bridgehead atoms. The molecule has 2 nitrogen and oxygen atoms in total. The highest BCUT2D eigenvalue weighted by atomic mass is 16.3. The van der Waals surface area contributed by atoms with Crippen molar-refractivity contribution in [1.82, 2.24) is 4.90 Å². The number of nitrogens with zero attached hydrogens (tertiary/aromatic N) is 1. The lowest BCUT2D eigenvalue weighted by molar-refractivity contribution is 0.0712. The predicted molar refractivity (Wildman–Crippen MR) is 83.2 cm³/mol. The molecule has 2 aliphatic rings. The Morgan fingerprint density at radius 1 is 1.35 bits per heavy atom. The molecule has 0 saturated heterocycles. The number of benzene rings is 1. The number of hydrogen-bond donors (Lipinski definition) is 1. The first-order valence-corrected chi connectivity index (χ1v) is 8.09. The molecule has 1 aromatic carbocycles. The smallest absolute Gasteiger partial charge is 0.115 e. The van der Waals surface area contributed by atoms with Crippen LogP contribution in [0.1, 0.15) is 50.7 Å². The molecule has 0 aliphatic heterocycles. The molecular weight excluding hydrogens is 246 g/mol. The van der Waals surface area contributed by atoms with E-state index in [2.05, 4.69) is 31.9 Å². The molecule has 0 heterocycles. The van der Waals surface area contributed by atoms with Gasteiger partial charge in [-0.05, 0) is 67.4 Å². The quantitative estimate of drug-likeness (QED) is 0.888. The lowest BCUT2D eigenvalue weighted by Crippen LogP contribution is -2.53. The molecule has 1 N–H and O–H groups in total. The zero-order chi connectivity index (χ0) is 14.3. The minimum Gasteiger partial charge on any atom is -0.508 e. The SMILES string of the molecule is CCN(C)[C@H]1Cc2ccc(O)cc2[C@]2(C)CCCC[C@H]12. The molecule has 0 radical (unpaired) electrons. The van der Waals surface area contributed by atoms with E-state index in [1.54, 1.807) is 0 Å². The summed E-state index contributed by atoms with van der Waals surface area (Å²) >= 11 is 0. The number of aromatic hydroxyl groups is 1. The normalized spacial score (nSPS) is 32.8. The van der Waals surface area contributed by atoms with E-state index in [1.807, 2.05) is 12.1 Å². The molecule has 0 aromatic heterocycles. The van der Waals surface area contributed by atoms with Crippen LogP contribution in [0.25, 0.3) is 0 Å². The Bertz CT molecular complexity index is 498. The van der Waals surface area contributed by atoms with Crippen molar-refractivity contribution in [2.45, 2.75) is 57.4 Å². The highest BCUT2D eigenvalue weighted by Crippen LogP contribution is 2.51. The number of phenolic OH excluding ortho intramolecular Hbond substituents is 1. The lowest BCUT2D eigenvalue weighted by atomic mass is 9.56. The summed E-state index contributed by atoms with van der Waals surface area (Å²) in [5, 5.41) is 9.90. The summed E-state index contributed by atoms with van der Waals surface area (Å²) in [4.78, 5) is 2.53. The van der Waals surface area contributed by atoms with Crippen LogP contribution in [0.15, 0.2) is 18.2 Å². The van der Waals surface area contributed by atoms with Crippen molar-refractivity contribution < 1.29 is 5.11 Å². The Hall–Kier alpha value is -1.02. The predicted octanol–water partition coefficient (Wildman–Crippen LogP) is 3.72. The van der Waals surface area contributed by atoms with Crippen LogP contribution in [0.2, 0.25) is 0 Å². The molecule has 3 rings (SSSR count). The van der Waals surface area contributed by atoms with Gasteiger partial charge in [-0.25, -0.2) is 0 Å². The summed E-state index contributed by atoms with van der Waals surface area (Å²) in [6, 6.07) is 6.70. The summed E-state index contributed by atoms with van der Waals surface area (Å²) in [5.74, 6) is 1.16. The first-order chi connectivity index (χ1) is 9.56. The number of fused-ring (bicyclic) bond motifs is 3. The van der Waals surface area contributed by atoms with Gasteiger partial charge in [0.1, 0.15) is 5.75 Å². The first-order valence-electron chi connectivity index (χ1n) is 8.09. The van der Waals surface area contributed by atoms with Crippen molar-refractivity contribution in [3.63, 3.8) is 0 Å². The third-order valence-corrected chi connectivity index (χ3v) is 5.95. The van der Waals surface area contributed by atoms with Crippen LogP contribution in [0.5, 0.6) is 5.75 Å². The van der Waals surface area contributed by atoms with Crippen LogP contribution >= 0.6 is 0 Å². The van der Waals surface area contributed by atoms with Gasteiger partial charge in [-0.15, -0.1) is 0 Å². The molecular formula is C18H27NO. The monoisotopic (exact) mass is 273 g/mol. The second-order valence-electron chi connectivity index (χ2n) is 6.96. The molecule has 2 aliphatic carbocycles. The fraction of sp³-hybridized carbons (Fsp3) is 0.667. The van der Waals surface area contributed by atoms with E-state index < -0.39 is 0 Å². The van der Waals surface area contributed by atoms with Gasteiger partial charge < -0.3 is 10.0 Å². The molecule has 0 amide bonds. The van der Waals surface area contributed by atoms with Crippen LogP contribution in [-0.2, 0) is 11.8 Å². The molecule has 0 unspecified atom stereocenters. The molecule has 2 heteroatoms. The second-order valence-corrected chi connectivity index (χ2v) is 6.96. The van der Waals surface area contributed by atoms with Crippen molar-refractivity contribution in [2.75, 3.05) is 13.6 Å². The van der Waals surface area contributed by atoms with Crippen LogP contribution in [0, 0.1) is 5.92 Å². The van der Waals surface area contributed by atoms with E-state index in [0.717, 1.165) is 18.9 Å². The zero-order valence-corrected chi connectivity index (χ0v) is 13.0. The van der Waals surface area contributed by atoms with Gasteiger partial charge in [0.15, 0.2) is 0 Å². The van der Waals surface area contributed by atoms with Crippen LogP contribution in [-0.4, -0.2) is 29.6 Å². The summed E-state index contributed by atoms with van der Waals surface area (Å²) in [6.45, 7) is 5.81. The minimum atomic E-state index is 0.249. The zero-order valence-electron chi connectivity index (χ0n) is 13.0. The van der Waals surface area contributed by atoms with Gasteiger partial charge in [-0.1, -0.05) is 32.8 Å². The van der Waals surface area contributed by atoms with E-state index in [-0.39, 0.29) is 5.41 Å². The topological polar surface area (TPSA) is 23.5 Å². The maximum atomic E-state index is 9.90. The van der Waals surface area contributed by atoms with Crippen molar-refractivity contribution >= 4 is 0 Å². The van der Waals surface area contributed by atoms with Crippen LogP contribution in [0.3, 0.4) is 0 Å². The van der Waals surface area contributed by atoms with Gasteiger partial charge in [-0.3, -0.25) is 0 Å². The summed E-state index contributed by atoms with van der Waals surface area (Å²) in [5.41, 5.74) is 3.12. The van der Waals surface area contributed by atoms with Gasteiger partial charge in [-0.2, -0.15) is 0 Å². The Morgan fingerprint density at radius 3 is 2.90 bits per heavy atom. The first kappa shape index (κ1) is 13.9. The number of rotatable bonds is 2. The summed E-state index contributed by atoms with van der Waals surface area (Å²) in [7, 11) is 2.27. The Balaban J connectivity index is 2.08. The number of likely N-dealkylation sites (N-methyl/N-ethyl adjacent to an activating group) is 1. The molecule has 1 fully saturated rings. The summed E-state index contributed by atoms with van der Waals surface area (Å²) < 4.78 is 0. The van der Waals surface area contributed by atoms with Gasteiger partial charge in [0, 0.05) is 6.04 Å². The highest BCUT2D eigenvalue weighted by molar-refractivity contribution is 5.43. The maximum absolute atomic E-state index is 9.90. The second kappa shape index (κ2) is 5.07. The van der Waals surface area contributed by atoms with E-state index in [0.29, 0.717) is 11.8 Å². The number of hydrogen-bond acceptors (Lipinski definition) is 2. The highest BCUT2D eigenvalue weighted by Gasteiger charge is 2.47. The lowest BCUT2D eigenvalue weighted by Gasteiger charge is -2.52. The molecule has 1 aromatic rings. The van der Waals surface area contributed by atoms with Crippen LogP contribution < -0.4 is 0 Å². The third-order valence-electron chi connectivity index (χ3n) is 5.95. The van der Waals surface area contributed by atoms with E-state index in [1.165, 1.54) is 36.8 Å². The van der Waals surface area contributed by atoms with Gasteiger partial charge in [0.2, 0.25) is 0 Å². The summed E-state index contributed by atoms with van der Waals surface area (Å²) in [6.07, 6.45) is 6.43. The fourth-order valence-electron chi connectivity index (χ4n) is 4.65. The van der Waals surface area contributed by atoms with Gasteiger partial charge in [0.05, 0.1) is 0 Å². The van der Waals surface area contributed by atoms with E-state index in [4.69, 9.17) is 0 Å². The van der Waals surface area contributed by atoms with E-state index >= 15 is 0 Å². The Morgan fingerprint density at radius 2 is 2.15 bits per heavy atom. The molecule has 20 heavy (non-hydrogen) atoms. The number of phenols is 1. The maximum Gasteiger partial charge on any atom is 0.115 e. The average molecular weight is 273 g/mol. The van der Waals surface area contributed by atoms with Crippen LogP contribution in [0.4, 0.5) is 0 Å². The van der Waals surface area contributed by atoms with Crippen molar-refractivity contribution in [2.24, 2.45) is 5.92 Å². The van der Waals surface area contributed by atoms with Crippen molar-refractivity contribution in [3.05, 3.63) is 29.3 Å². The van der Waals surface area contributed by atoms with Crippen molar-refractivity contribution in [1.29, 1.82) is 0 Å².